The minimum Gasteiger partial charge on any atom is -0.404 e. The third-order valence-electron chi connectivity index (χ3n) is 3.61. The van der Waals surface area contributed by atoms with Crippen molar-refractivity contribution in [3.63, 3.8) is 0 Å². The van der Waals surface area contributed by atoms with Crippen LogP contribution in [-0.4, -0.2) is 9.97 Å². The number of aryl methyl sites for hydroxylation is 1. The van der Waals surface area contributed by atoms with Crippen LogP contribution in [0.1, 0.15) is 5.69 Å². The zero-order valence-electron chi connectivity index (χ0n) is 12.7. The summed E-state index contributed by atoms with van der Waals surface area (Å²) >= 11 is 0. The molecule has 0 aliphatic rings. The Morgan fingerprint density at radius 3 is 2.30 bits per heavy atom. The van der Waals surface area contributed by atoms with E-state index in [-0.39, 0.29) is 0 Å². The molecule has 0 atom stereocenters. The predicted molar refractivity (Wildman–Crippen MR) is 91.7 cm³/mol. The van der Waals surface area contributed by atoms with Gasteiger partial charge in [0.05, 0.1) is 0 Å². The maximum atomic E-state index is 5.78. The highest BCUT2D eigenvalue weighted by Crippen LogP contribution is 2.30. The molecule has 0 unspecified atom stereocenters. The van der Waals surface area contributed by atoms with Gasteiger partial charge in [-0.3, -0.25) is 0 Å². The van der Waals surface area contributed by atoms with Crippen LogP contribution in [0.15, 0.2) is 71.1 Å². The second-order valence-electron chi connectivity index (χ2n) is 5.34. The van der Waals surface area contributed by atoms with Crippen molar-refractivity contribution in [2.24, 2.45) is 0 Å². The van der Waals surface area contributed by atoms with Crippen LogP contribution in [0.3, 0.4) is 0 Å². The molecular formula is C19H15N3O. The average Bonchev–Trinajstić information content (AvgIpc) is 2.98. The van der Waals surface area contributed by atoms with E-state index < -0.39 is 0 Å². The number of para-hydroxylation sites is 1. The molecule has 0 radical (unpaired) electrons. The lowest BCUT2D eigenvalue weighted by atomic mass is 10.1. The van der Waals surface area contributed by atoms with Gasteiger partial charge >= 0.3 is 6.01 Å². The summed E-state index contributed by atoms with van der Waals surface area (Å²) in [6.45, 7) is 1.96. The average molecular weight is 301 g/mol. The Morgan fingerprint density at radius 2 is 1.57 bits per heavy atom. The van der Waals surface area contributed by atoms with Gasteiger partial charge in [0.2, 0.25) is 5.71 Å². The lowest BCUT2D eigenvalue weighted by Crippen LogP contribution is -1.89. The summed E-state index contributed by atoms with van der Waals surface area (Å²) in [5, 5.41) is 3.17. The van der Waals surface area contributed by atoms with Crippen LogP contribution in [0.25, 0.3) is 22.4 Å². The van der Waals surface area contributed by atoms with Crippen LogP contribution >= 0.6 is 0 Å². The number of rotatable bonds is 3. The van der Waals surface area contributed by atoms with E-state index in [1.807, 2.05) is 61.5 Å². The molecule has 2 aromatic carbocycles. The number of anilines is 2. The number of hydrogen-bond donors (Lipinski definition) is 1. The molecule has 0 aliphatic carbocycles. The summed E-state index contributed by atoms with van der Waals surface area (Å²) in [7, 11) is 0. The molecule has 1 N–H and O–H groups in total. The zero-order chi connectivity index (χ0) is 15.6. The Balaban J connectivity index is 1.82. The van der Waals surface area contributed by atoms with Gasteiger partial charge in [-0.05, 0) is 30.7 Å². The number of pyridine rings is 1. The second-order valence-corrected chi connectivity index (χ2v) is 5.34. The van der Waals surface area contributed by atoms with Crippen molar-refractivity contribution in [1.29, 1.82) is 0 Å². The van der Waals surface area contributed by atoms with E-state index in [4.69, 9.17) is 4.42 Å². The fourth-order valence-electron chi connectivity index (χ4n) is 2.57. The molecule has 2 aromatic heterocycles. The first kappa shape index (κ1) is 13.5. The normalized spacial score (nSPS) is 10.8. The Morgan fingerprint density at radius 1 is 0.870 bits per heavy atom. The van der Waals surface area contributed by atoms with Gasteiger partial charge < -0.3 is 9.73 Å². The standard InChI is InChI=1S/C19H15N3O/c1-13-12-16(14-8-4-2-5-9-14)17-18(20-13)23-19(22-17)21-15-10-6-3-7-11-15/h2-12H,1H3,(H,21,22). The van der Waals surface area contributed by atoms with Crippen LogP contribution in [0, 0.1) is 6.92 Å². The highest BCUT2D eigenvalue weighted by atomic mass is 16.4. The minimum absolute atomic E-state index is 0.446. The SMILES string of the molecule is Cc1cc(-c2ccccc2)c2nc(Nc3ccccc3)oc2n1. The first-order valence-electron chi connectivity index (χ1n) is 7.45. The molecule has 0 bridgehead atoms. The van der Waals surface area contributed by atoms with Crippen molar-refractivity contribution < 1.29 is 4.42 Å². The van der Waals surface area contributed by atoms with Crippen molar-refractivity contribution in [3.8, 4) is 11.1 Å². The summed E-state index contributed by atoms with van der Waals surface area (Å²) in [5.74, 6) is 0. The second kappa shape index (κ2) is 5.57. The highest BCUT2D eigenvalue weighted by molar-refractivity contribution is 5.90. The van der Waals surface area contributed by atoms with Gasteiger partial charge in [-0.15, -0.1) is 0 Å². The van der Waals surface area contributed by atoms with Gasteiger partial charge in [-0.2, -0.15) is 4.98 Å². The molecule has 0 fully saturated rings. The highest BCUT2D eigenvalue weighted by Gasteiger charge is 2.13. The van der Waals surface area contributed by atoms with Gasteiger partial charge in [0.25, 0.3) is 0 Å². The zero-order valence-corrected chi connectivity index (χ0v) is 12.7. The molecule has 4 nitrogen and oxygen atoms in total. The van der Waals surface area contributed by atoms with E-state index in [2.05, 4.69) is 27.4 Å². The van der Waals surface area contributed by atoms with E-state index in [9.17, 15) is 0 Å². The van der Waals surface area contributed by atoms with Crippen molar-refractivity contribution >= 4 is 22.9 Å². The monoisotopic (exact) mass is 301 g/mol. The Kier molecular flexibility index (Phi) is 3.27. The van der Waals surface area contributed by atoms with Crippen molar-refractivity contribution in [2.45, 2.75) is 6.92 Å². The number of aromatic nitrogens is 2. The van der Waals surface area contributed by atoms with E-state index in [0.717, 1.165) is 28.0 Å². The topological polar surface area (TPSA) is 51.0 Å². The van der Waals surface area contributed by atoms with E-state index in [0.29, 0.717) is 11.7 Å². The molecule has 0 saturated carbocycles. The molecule has 23 heavy (non-hydrogen) atoms. The van der Waals surface area contributed by atoms with E-state index in [1.165, 1.54) is 0 Å². The molecule has 4 heteroatoms. The fraction of sp³-hybridized carbons (Fsp3) is 0.0526. The van der Waals surface area contributed by atoms with Gasteiger partial charge in [0.1, 0.15) is 5.52 Å². The van der Waals surface area contributed by atoms with Gasteiger partial charge in [-0.25, -0.2) is 4.98 Å². The summed E-state index contributed by atoms with van der Waals surface area (Å²) in [6.07, 6.45) is 0. The number of oxazole rings is 1. The minimum atomic E-state index is 0.446. The molecule has 0 saturated heterocycles. The number of nitrogens with one attached hydrogen (secondary N) is 1. The van der Waals surface area contributed by atoms with Crippen LogP contribution < -0.4 is 5.32 Å². The molecule has 0 amide bonds. The third kappa shape index (κ3) is 2.66. The quantitative estimate of drug-likeness (QED) is 0.582. The van der Waals surface area contributed by atoms with E-state index >= 15 is 0 Å². The smallest absolute Gasteiger partial charge is 0.301 e. The maximum Gasteiger partial charge on any atom is 0.301 e. The molecule has 4 rings (SSSR count). The number of benzene rings is 2. The number of hydrogen-bond acceptors (Lipinski definition) is 4. The summed E-state index contributed by atoms with van der Waals surface area (Å²) in [4.78, 5) is 9.04. The first-order chi connectivity index (χ1) is 11.3. The van der Waals surface area contributed by atoms with Crippen molar-refractivity contribution in [2.75, 3.05) is 5.32 Å². The summed E-state index contributed by atoms with van der Waals surface area (Å²) in [6, 6.07) is 22.5. The number of fused-ring (bicyclic) bond motifs is 1. The fourth-order valence-corrected chi connectivity index (χ4v) is 2.57. The molecule has 112 valence electrons. The summed E-state index contributed by atoms with van der Waals surface area (Å²) in [5.41, 5.74) is 5.26. The van der Waals surface area contributed by atoms with Gasteiger partial charge in [0.15, 0.2) is 0 Å². The molecule has 2 heterocycles. The molecule has 0 aliphatic heterocycles. The first-order valence-corrected chi connectivity index (χ1v) is 7.45. The van der Waals surface area contributed by atoms with Crippen molar-refractivity contribution in [1.82, 2.24) is 9.97 Å². The molecular weight excluding hydrogens is 286 g/mol. The molecule has 0 spiro atoms. The maximum absolute atomic E-state index is 5.78. The lowest BCUT2D eigenvalue weighted by Gasteiger charge is -2.02. The van der Waals surface area contributed by atoms with E-state index in [1.54, 1.807) is 0 Å². The summed E-state index contributed by atoms with van der Waals surface area (Å²) < 4.78 is 5.78. The van der Waals surface area contributed by atoms with Gasteiger partial charge in [-0.1, -0.05) is 48.5 Å². The Bertz CT molecular complexity index is 946. The predicted octanol–water partition coefficient (Wildman–Crippen LogP) is 4.94. The third-order valence-corrected chi connectivity index (χ3v) is 3.61. The van der Waals surface area contributed by atoms with Crippen LogP contribution in [0.4, 0.5) is 11.7 Å². The Hall–Kier alpha value is -3.14. The van der Waals surface area contributed by atoms with Crippen molar-refractivity contribution in [3.05, 3.63) is 72.4 Å². The lowest BCUT2D eigenvalue weighted by molar-refractivity contribution is 0.610. The Labute approximate surface area is 133 Å². The van der Waals surface area contributed by atoms with Gasteiger partial charge in [0, 0.05) is 16.9 Å². The van der Waals surface area contributed by atoms with Crippen LogP contribution in [0.2, 0.25) is 0 Å². The largest absolute Gasteiger partial charge is 0.404 e. The van der Waals surface area contributed by atoms with Crippen LogP contribution in [0.5, 0.6) is 0 Å². The van der Waals surface area contributed by atoms with Crippen LogP contribution in [-0.2, 0) is 0 Å². The molecule has 4 aromatic rings. The number of nitrogens with zero attached hydrogens (tertiary/aromatic N) is 2.